The Morgan fingerprint density at radius 3 is 2.58 bits per heavy atom. The van der Waals surface area contributed by atoms with Crippen molar-refractivity contribution in [3.63, 3.8) is 0 Å². The van der Waals surface area contributed by atoms with Gasteiger partial charge in [-0.25, -0.2) is 9.97 Å². The maximum atomic E-state index is 6.51. The predicted molar refractivity (Wildman–Crippen MR) is 122 cm³/mol. The van der Waals surface area contributed by atoms with Crippen molar-refractivity contribution in [2.75, 3.05) is 36.5 Å². The monoisotopic (exact) mass is 419 g/mol. The van der Waals surface area contributed by atoms with Crippen molar-refractivity contribution in [1.29, 1.82) is 0 Å². The van der Waals surface area contributed by atoms with Gasteiger partial charge in [-0.3, -0.25) is 4.98 Å². The first-order chi connectivity index (χ1) is 15.2. The van der Waals surface area contributed by atoms with E-state index < -0.39 is 0 Å². The molecule has 1 saturated heterocycles. The first-order valence-electron chi connectivity index (χ1n) is 11.2. The zero-order valence-electron chi connectivity index (χ0n) is 18.0. The second-order valence-corrected chi connectivity index (χ2v) is 8.42. The van der Waals surface area contributed by atoms with Crippen LogP contribution in [0.5, 0.6) is 5.75 Å². The molecule has 0 spiro atoms. The number of anilines is 2. The molecule has 2 aromatic heterocycles. The van der Waals surface area contributed by atoms with Crippen molar-refractivity contribution < 1.29 is 9.47 Å². The number of nitrogens with zero attached hydrogens (tertiary/aromatic N) is 4. The van der Waals surface area contributed by atoms with Crippen LogP contribution >= 0.6 is 0 Å². The summed E-state index contributed by atoms with van der Waals surface area (Å²) < 4.78 is 12.0. The second kappa shape index (κ2) is 9.06. The molecule has 0 unspecified atom stereocenters. The quantitative estimate of drug-likeness (QED) is 0.671. The van der Waals surface area contributed by atoms with Gasteiger partial charge >= 0.3 is 0 Å². The third-order valence-electron chi connectivity index (χ3n) is 6.14. The minimum Gasteiger partial charge on any atom is -0.488 e. The standard InChI is InChI=1S/C24H29N5O2/c1-17-6-7-26-23(14-17)28-18-2-4-20(5-3-18)31-22-16-19(29-10-12-30-13-11-29)15-21-24(22)27-9-8-25-21/h6-9,14-16,18,20H,2-5,10-13H2,1H3,(H,26,28). The largest absolute Gasteiger partial charge is 0.488 e. The number of benzene rings is 1. The van der Waals surface area contributed by atoms with Gasteiger partial charge in [-0.15, -0.1) is 0 Å². The van der Waals surface area contributed by atoms with Gasteiger partial charge in [-0.1, -0.05) is 0 Å². The van der Waals surface area contributed by atoms with Gasteiger partial charge < -0.3 is 19.7 Å². The Morgan fingerprint density at radius 2 is 1.77 bits per heavy atom. The average molecular weight is 420 g/mol. The number of ether oxygens (including phenoxy) is 2. The molecular formula is C24H29N5O2. The number of morpholine rings is 1. The molecule has 3 aromatic rings. The summed E-state index contributed by atoms with van der Waals surface area (Å²) in [5.41, 5.74) is 4.07. The normalized spacial score (nSPS) is 21.8. The van der Waals surface area contributed by atoms with Crippen LogP contribution in [0.1, 0.15) is 31.2 Å². The summed E-state index contributed by atoms with van der Waals surface area (Å²) in [4.78, 5) is 15.9. The zero-order chi connectivity index (χ0) is 21.0. The molecule has 0 bridgehead atoms. The van der Waals surface area contributed by atoms with E-state index >= 15 is 0 Å². The molecule has 1 aromatic carbocycles. The molecule has 2 aliphatic rings. The van der Waals surface area contributed by atoms with Crippen LogP contribution in [0, 0.1) is 6.92 Å². The van der Waals surface area contributed by atoms with Gasteiger partial charge in [-0.05, 0) is 56.4 Å². The third kappa shape index (κ3) is 4.71. The van der Waals surface area contributed by atoms with Crippen molar-refractivity contribution in [2.24, 2.45) is 0 Å². The molecule has 162 valence electrons. The number of pyridine rings is 1. The van der Waals surface area contributed by atoms with Gasteiger partial charge in [0.05, 0.1) is 24.8 Å². The van der Waals surface area contributed by atoms with E-state index in [-0.39, 0.29) is 6.10 Å². The lowest BCUT2D eigenvalue weighted by Crippen LogP contribution is -2.36. The Hall–Kier alpha value is -2.93. The highest BCUT2D eigenvalue weighted by atomic mass is 16.5. The molecule has 0 amide bonds. The summed E-state index contributed by atoms with van der Waals surface area (Å²) in [6.07, 6.45) is 9.67. The van der Waals surface area contributed by atoms with Gasteiger partial charge in [-0.2, -0.15) is 0 Å². The lowest BCUT2D eigenvalue weighted by molar-refractivity contribution is 0.122. The Kier molecular flexibility index (Phi) is 5.84. The highest BCUT2D eigenvalue weighted by Crippen LogP contribution is 2.33. The Morgan fingerprint density at radius 1 is 0.968 bits per heavy atom. The Labute approximate surface area is 182 Å². The number of rotatable bonds is 5. The van der Waals surface area contributed by atoms with Crippen molar-refractivity contribution in [3.8, 4) is 5.75 Å². The highest BCUT2D eigenvalue weighted by Gasteiger charge is 2.24. The number of hydrogen-bond donors (Lipinski definition) is 1. The van der Waals surface area contributed by atoms with E-state index in [4.69, 9.17) is 9.47 Å². The predicted octanol–water partition coefficient (Wildman–Crippen LogP) is 3.97. The Balaban J connectivity index is 1.28. The van der Waals surface area contributed by atoms with Crippen molar-refractivity contribution in [2.45, 2.75) is 44.8 Å². The van der Waals surface area contributed by atoms with E-state index in [1.807, 2.05) is 12.3 Å². The lowest BCUT2D eigenvalue weighted by atomic mass is 9.93. The Bertz CT molecular complexity index is 1030. The van der Waals surface area contributed by atoms with Crippen LogP contribution in [-0.2, 0) is 4.74 Å². The van der Waals surface area contributed by atoms with Crippen molar-refractivity contribution in [3.05, 3.63) is 48.4 Å². The average Bonchev–Trinajstić information content (AvgIpc) is 2.81. The summed E-state index contributed by atoms with van der Waals surface area (Å²) in [5, 5.41) is 3.58. The van der Waals surface area contributed by atoms with E-state index in [1.54, 1.807) is 12.4 Å². The van der Waals surface area contributed by atoms with Crippen LogP contribution in [-0.4, -0.2) is 53.4 Å². The molecule has 1 N–H and O–H groups in total. The molecule has 1 aliphatic heterocycles. The first-order valence-corrected chi connectivity index (χ1v) is 11.2. The van der Waals surface area contributed by atoms with Crippen LogP contribution in [0.15, 0.2) is 42.9 Å². The van der Waals surface area contributed by atoms with Crippen molar-refractivity contribution >= 4 is 22.5 Å². The molecule has 5 rings (SSSR count). The maximum absolute atomic E-state index is 6.51. The van der Waals surface area contributed by atoms with E-state index in [2.05, 4.69) is 50.3 Å². The fraction of sp³-hybridized carbons (Fsp3) is 0.458. The van der Waals surface area contributed by atoms with E-state index in [9.17, 15) is 0 Å². The molecular weight excluding hydrogens is 390 g/mol. The summed E-state index contributed by atoms with van der Waals surface area (Å²) in [5.74, 6) is 1.80. The number of hydrogen-bond acceptors (Lipinski definition) is 7. The highest BCUT2D eigenvalue weighted by molar-refractivity contribution is 5.85. The number of fused-ring (bicyclic) bond motifs is 1. The van der Waals surface area contributed by atoms with Gasteiger partial charge in [0.15, 0.2) is 0 Å². The molecule has 0 atom stereocenters. The summed E-state index contributed by atoms with van der Waals surface area (Å²) in [6, 6.07) is 8.79. The topological polar surface area (TPSA) is 72.4 Å². The molecule has 0 radical (unpaired) electrons. The van der Waals surface area contributed by atoms with Crippen LogP contribution < -0.4 is 15.0 Å². The number of aryl methyl sites for hydroxylation is 1. The fourth-order valence-corrected chi connectivity index (χ4v) is 4.45. The number of nitrogens with one attached hydrogen (secondary N) is 1. The van der Waals surface area contributed by atoms with Gasteiger partial charge in [0.25, 0.3) is 0 Å². The van der Waals surface area contributed by atoms with E-state index in [1.165, 1.54) is 5.56 Å². The summed E-state index contributed by atoms with van der Waals surface area (Å²) >= 11 is 0. The van der Waals surface area contributed by atoms with Crippen LogP contribution in [0.4, 0.5) is 11.5 Å². The second-order valence-electron chi connectivity index (χ2n) is 8.42. The number of aromatic nitrogens is 3. The molecule has 31 heavy (non-hydrogen) atoms. The summed E-state index contributed by atoms with van der Waals surface area (Å²) in [7, 11) is 0. The van der Waals surface area contributed by atoms with E-state index in [0.29, 0.717) is 6.04 Å². The van der Waals surface area contributed by atoms with E-state index in [0.717, 1.165) is 80.3 Å². The molecule has 1 aliphatic carbocycles. The lowest BCUT2D eigenvalue weighted by Gasteiger charge is -2.31. The van der Waals surface area contributed by atoms with Gasteiger partial charge in [0.1, 0.15) is 17.1 Å². The van der Waals surface area contributed by atoms with Crippen LogP contribution in [0.2, 0.25) is 0 Å². The third-order valence-corrected chi connectivity index (χ3v) is 6.14. The first kappa shape index (κ1) is 20.0. The van der Waals surface area contributed by atoms with Gasteiger partial charge in [0, 0.05) is 49.5 Å². The fourth-order valence-electron chi connectivity index (χ4n) is 4.45. The SMILES string of the molecule is Cc1ccnc(NC2CCC(Oc3cc(N4CCOCC4)cc4nccnc34)CC2)c1. The molecule has 1 saturated carbocycles. The minimum atomic E-state index is 0.189. The molecule has 2 fully saturated rings. The summed E-state index contributed by atoms with van der Waals surface area (Å²) in [6.45, 7) is 5.36. The zero-order valence-corrected chi connectivity index (χ0v) is 18.0. The van der Waals surface area contributed by atoms with Crippen LogP contribution in [0.3, 0.4) is 0 Å². The smallest absolute Gasteiger partial charge is 0.149 e. The van der Waals surface area contributed by atoms with Crippen LogP contribution in [0.25, 0.3) is 11.0 Å². The molecule has 7 heteroatoms. The van der Waals surface area contributed by atoms with Gasteiger partial charge in [0.2, 0.25) is 0 Å². The maximum Gasteiger partial charge on any atom is 0.149 e. The molecule has 7 nitrogen and oxygen atoms in total. The van der Waals surface area contributed by atoms with Crippen molar-refractivity contribution in [1.82, 2.24) is 15.0 Å². The minimum absolute atomic E-state index is 0.189. The molecule has 3 heterocycles.